The molecule has 0 unspecified atom stereocenters. The van der Waals surface area contributed by atoms with Crippen LogP contribution in [0.2, 0.25) is 0 Å². The van der Waals surface area contributed by atoms with Gasteiger partial charge in [0.1, 0.15) is 10.8 Å². The first-order chi connectivity index (χ1) is 7.72. The predicted molar refractivity (Wildman–Crippen MR) is 68.2 cm³/mol. The van der Waals surface area contributed by atoms with Gasteiger partial charge in [0.15, 0.2) is 0 Å². The first kappa shape index (κ1) is 11.1. The maximum absolute atomic E-state index is 5.34. The van der Waals surface area contributed by atoms with Crippen molar-refractivity contribution >= 4 is 11.3 Å². The molecule has 0 aliphatic rings. The third-order valence-corrected chi connectivity index (χ3v) is 3.76. The minimum absolute atomic E-state index is 0.529. The summed E-state index contributed by atoms with van der Waals surface area (Å²) in [4.78, 5) is 5.76. The molecule has 0 radical (unpaired) electrons. The quantitative estimate of drug-likeness (QED) is 0.801. The summed E-state index contributed by atoms with van der Waals surface area (Å²) in [6.07, 6.45) is 1.96. The Hall–Kier alpha value is -1.35. The van der Waals surface area contributed by atoms with Gasteiger partial charge in [-0.25, -0.2) is 4.98 Å². The molecule has 0 aliphatic carbocycles. The van der Waals surface area contributed by atoms with Crippen molar-refractivity contribution in [1.82, 2.24) is 4.98 Å². The average molecular weight is 233 g/mol. The average Bonchev–Trinajstić information content (AvgIpc) is 2.78. The lowest BCUT2D eigenvalue weighted by Gasteiger charge is -2.04. The Morgan fingerprint density at radius 1 is 1.25 bits per heavy atom. The van der Waals surface area contributed by atoms with Crippen molar-refractivity contribution in [3.8, 4) is 16.3 Å². The SMILES string of the molecule is COc1ccccc1-c1ncc(C(C)C)s1. The van der Waals surface area contributed by atoms with E-state index in [0.717, 1.165) is 16.3 Å². The van der Waals surface area contributed by atoms with E-state index in [1.807, 2.05) is 30.5 Å². The van der Waals surface area contributed by atoms with Gasteiger partial charge in [0.25, 0.3) is 0 Å². The molecule has 2 nitrogen and oxygen atoms in total. The fourth-order valence-corrected chi connectivity index (χ4v) is 2.45. The highest BCUT2D eigenvalue weighted by molar-refractivity contribution is 7.15. The van der Waals surface area contributed by atoms with Gasteiger partial charge >= 0.3 is 0 Å². The normalized spacial score (nSPS) is 10.8. The zero-order chi connectivity index (χ0) is 11.5. The number of benzene rings is 1. The Bertz CT molecular complexity index is 476. The summed E-state index contributed by atoms with van der Waals surface area (Å²) >= 11 is 1.73. The lowest BCUT2D eigenvalue weighted by molar-refractivity contribution is 0.416. The van der Waals surface area contributed by atoms with E-state index >= 15 is 0 Å². The molecular formula is C13H15NOS. The molecule has 1 aromatic heterocycles. The highest BCUT2D eigenvalue weighted by atomic mass is 32.1. The summed E-state index contributed by atoms with van der Waals surface area (Å²) in [5, 5.41) is 1.03. The van der Waals surface area contributed by atoms with Crippen LogP contribution in [0.3, 0.4) is 0 Å². The van der Waals surface area contributed by atoms with Gasteiger partial charge in [-0.1, -0.05) is 26.0 Å². The monoisotopic (exact) mass is 233 g/mol. The molecule has 0 spiro atoms. The van der Waals surface area contributed by atoms with Crippen LogP contribution in [0, 0.1) is 0 Å². The maximum atomic E-state index is 5.34. The highest BCUT2D eigenvalue weighted by Gasteiger charge is 2.10. The third-order valence-electron chi connectivity index (χ3n) is 2.43. The minimum Gasteiger partial charge on any atom is -0.496 e. The van der Waals surface area contributed by atoms with Gasteiger partial charge in [0, 0.05) is 11.1 Å². The second-order valence-electron chi connectivity index (χ2n) is 3.92. The van der Waals surface area contributed by atoms with Gasteiger partial charge in [-0.15, -0.1) is 11.3 Å². The summed E-state index contributed by atoms with van der Waals surface area (Å²) in [6.45, 7) is 4.36. The van der Waals surface area contributed by atoms with Crippen molar-refractivity contribution < 1.29 is 4.74 Å². The summed E-state index contributed by atoms with van der Waals surface area (Å²) in [6, 6.07) is 7.99. The Balaban J connectivity index is 2.42. The maximum Gasteiger partial charge on any atom is 0.129 e. The van der Waals surface area contributed by atoms with Gasteiger partial charge < -0.3 is 4.74 Å². The first-order valence-electron chi connectivity index (χ1n) is 5.31. The standard InChI is InChI=1S/C13H15NOS/c1-9(2)12-8-14-13(16-12)10-6-4-5-7-11(10)15-3/h4-9H,1-3H3. The minimum atomic E-state index is 0.529. The van der Waals surface area contributed by atoms with Crippen LogP contribution in [-0.4, -0.2) is 12.1 Å². The fraction of sp³-hybridized carbons (Fsp3) is 0.308. The van der Waals surface area contributed by atoms with E-state index in [1.165, 1.54) is 4.88 Å². The molecule has 2 aromatic rings. The smallest absolute Gasteiger partial charge is 0.129 e. The molecule has 0 atom stereocenters. The molecule has 1 heterocycles. The van der Waals surface area contributed by atoms with E-state index in [4.69, 9.17) is 4.74 Å². The molecule has 16 heavy (non-hydrogen) atoms. The van der Waals surface area contributed by atoms with E-state index in [9.17, 15) is 0 Å². The summed E-state index contributed by atoms with van der Waals surface area (Å²) in [7, 11) is 1.69. The van der Waals surface area contributed by atoms with Gasteiger partial charge in [-0.3, -0.25) is 0 Å². The topological polar surface area (TPSA) is 22.1 Å². The van der Waals surface area contributed by atoms with Crippen molar-refractivity contribution in [1.29, 1.82) is 0 Å². The predicted octanol–water partition coefficient (Wildman–Crippen LogP) is 3.94. The van der Waals surface area contributed by atoms with Crippen LogP contribution in [0.5, 0.6) is 5.75 Å². The van der Waals surface area contributed by atoms with E-state index in [1.54, 1.807) is 18.4 Å². The second kappa shape index (κ2) is 4.66. The van der Waals surface area contributed by atoms with Crippen molar-refractivity contribution in [2.24, 2.45) is 0 Å². The molecule has 84 valence electrons. The van der Waals surface area contributed by atoms with E-state index in [0.29, 0.717) is 5.92 Å². The van der Waals surface area contributed by atoms with Crippen LogP contribution in [0.25, 0.3) is 10.6 Å². The van der Waals surface area contributed by atoms with Gasteiger partial charge in [-0.05, 0) is 18.1 Å². The summed E-state index contributed by atoms with van der Waals surface area (Å²) in [5.74, 6) is 1.41. The molecule has 0 bridgehead atoms. The number of nitrogens with zero attached hydrogens (tertiary/aromatic N) is 1. The van der Waals surface area contributed by atoms with Crippen LogP contribution in [-0.2, 0) is 0 Å². The lowest BCUT2D eigenvalue weighted by atomic mass is 10.2. The molecule has 1 aromatic carbocycles. The zero-order valence-corrected chi connectivity index (χ0v) is 10.5. The van der Waals surface area contributed by atoms with Crippen LogP contribution in [0.4, 0.5) is 0 Å². The number of para-hydroxylation sites is 1. The number of hydrogen-bond donors (Lipinski definition) is 0. The molecule has 0 N–H and O–H groups in total. The molecule has 2 rings (SSSR count). The molecule has 3 heteroatoms. The Kier molecular flexibility index (Phi) is 3.25. The molecule has 0 saturated heterocycles. The Labute approximate surface area is 99.9 Å². The highest BCUT2D eigenvalue weighted by Crippen LogP contribution is 2.34. The Morgan fingerprint density at radius 3 is 2.62 bits per heavy atom. The number of methoxy groups -OCH3 is 1. The zero-order valence-electron chi connectivity index (χ0n) is 9.73. The lowest BCUT2D eigenvalue weighted by Crippen LogP contribution is -1.86. The molecule has 0 aliphatic heterocycles. The number of rotatable bonds is 3. The van der Waals surface area contributed by atoms with Crippen LogP contribution in [0.1, 0.15) is 24.6 Å². The van der Waals surface area contributed by atoms with Crippen LogP contribution in [0.15, 0.2) is 30.5 Å². The Morgan fingerprint density at radius 2 is 2.00 bits per heavy atom. The van der Waals surface area contributed by atoms with Crippen LogP contribution < -0.4 is 4.74 Å². The summed E-state index contributed by atoms with van der Waals surface area (Å²) in [5.41, 5.74) is 1.07. The second-order valence-corrected chi connectivity index (χ2v) is 4.98. The molecular weight excluding hydrogens is 218 g/mol. The first-order valence-corrected chi connectivity index (χ1v) is 6.13. The largest absolute Gasteiger partial charge is 0.496 e. The molecule has 0 saturated carbocycles. The molecule has 0 amide bonds. The molecule has 0 fully saturated rings. The van der Waals surface area contributed by atoms with E-state index in [2.05, 4.69) is 18.8 Å². The van der Waals surface area contributed by atoms with Crippen molar-refractivity contribution in [3.63, 3.8) is 0 Å². The van der Waals surface area contributed by atoms with Gasteiger partial charge in [-0.2, -0.15) is 0 Å². The van der Waals surface area contributed by atoms with E-state index < -0.39 is 0 Å². The number of aromatic nitrogens is 1. The number of hydrogen-bond acceptors (Lipinski definition) is 3. The third kappa shape index (κ3) is 2.09. The van der Waals surface area contributed by atoms with E-state index in [-0.39, 0.29) is 0 Å². The van der Waals surface area contributed by atoms with Crippen molar-refractivity contribution in [2.45, 2.75) is 19.8 Å². The number of thiazole rings is 1. The number of ether oxygens (including phenoxy) is 1. The van der Waals surface area contributed by atoms with Gasteiger partial charge in [0.2, 0.25) is 0 Å². The fourth-order valence-electron chi connectivity index (χ4n) is 1.50. The summed E-state index contributed by atoms with van der Waals surface area (Å²) < 4.78 is 5.34. The van der Waals surface area contributed by atoms with Crippen molar-refractivity contribution in [3.05, 3.63) is 35.3 Å². The van der Waals surface area contributed by atoms with Gasteiger partial charge in [0.05, 0.1) is 12.7 Å². The van der Waals surface area contributed by atoms with Crippen LogP contribution >= 0.6 is 11.3 Å². The van der Waals surface area contributed by atoms with Crippen molar-refractivity contribution in [2.75, 3.05) is 7.11 Å².